The highest BCUT2D eigenvalue weighted by Gasteiger charge is 2.19. The molecule has 0 spiro atoms. The van der Waals surface area contributed by atoms with Crippen molar-refractivity contribution in [2.45, 2.75) is 6.92 Å². The van der Waals surface area contributed by atoms with Crippen LogP contribution in [0.15, 0.2) is 22.7 Å². The zero-order valence-electron chi connectivity index (χ0n) is 11.4. The van der Waals surface area contributed by atoms with E-state index in [2.05, 4.69) is 31.3 Å². The second kappa shape index (κ2) is 7.19. The van der Waals surface area contributed by atoms with Crippen molar-refractivity contribution in [1.29, 1.82) is 0 Å². The second-order valence-electron chi connectivity index (χ2n) is 4.07. The molecule has 0 atom stereocenters. The summed E-state index contributed by atoms with van der Waals surface area (Å²) in [6, 6.07) is 5.41. The van der Waals surface area contributed by atoms with Crippen LogP contribution in [0.5, 0.6) is 5.75 Å². The molecular formula is C13H15BrN4O3. The molecule has 3 N–H and O–H groups in total. The first-order chi connectivity index (χ1) is 10.1. The number of aromatic nitrogens is 3. The quantitative estimate of drug-likeness (QED) is 0.737. The van der Waals surface area contributed by atoms with E-state index in [-0.39, 0.29) is 5.69 Å². The Morgan fingerprint density at radius 1 is 1.38 bits per heavy atom. The van der Waals surface area contributed by atoms with Crippen LogP contribution in [0.25, 0.3) is 11.3 Å². The van der Waals surface area contributed by atoms with Gasteiger partial charge in [0, 0.05) is 16.6 Å². The largest absolute Gasteiger partial charge is 0.490 e. The number of nitrogens with one attached hydrogen (secondary N) is 1. The minimum absolute atomic E-state index is 0.0720. The Balaban J connectivity index is 2.30. The molecular weight excluding hydrogens is 340 g/mol. The smallest absolute Gasteiger partial charge is 0.271 e. The zero-order valence-corrected chi connectivity index (χ0v) is 13.0. The van der Waals surface area contributed by atoms with Gasteiger partial charge < -0.3 is 15.2 Å². The molecule has 2 rings (SSSR count). The number of amides is 1. The molecule has 0 fully saturated rings. The average molecular weight is 355 g/mol. The number of H-pyrrole nitrogens is 1. The fraction of sp³-hybridized carbons (Fsp3) is 0.308. The van der Waals surface area contributed by atoms with Crippen LogP contribution < -0.4 is 10.5 Å². The summed E-state index contributed by atoms with van der Waals surface area (Å²) in [6.07, 6.45) is 0. The molecule has 1 aromatic carbocycles. The van der Waals surface area contributed by atoms with E-state index in [1.54, 1.807) is 12.1 Å². The molecule has 2 aromatic rings. The Morgan fingerprint density at radius 2 is 2.19 bits per heavy atom. The Labute approximate surface area is 129 Å². The molecule has 7 nitrogen and oxygen atoms in total. The highest BCUT2D eigenvalue weighted by Crippen LogP contribution is 2.32. The molecule has 0 radical (unpaired) electrons. The van der Waals surface area contributed by atoms with Gasteiger partial charge in [0.15, 0.2) is 5.69 Å². The topological polar surface area (TPSA) is 103 Å². The van der Waals surface area contributed by atoms with Gasteiger partial charge in [0.25, 0.3) is 5.91 Å². The molecule has 0 saturated carbocycles. The van der Waals surface area contributed by atoms with E-state index in [4.69, 9.17) is 15.2 Å². The minimum atomic E-state index is -0.654. The van der Waals surface area contributed by atoms with Gasteiger partial charge in [-0.15, -0.1) is 0 Å². The van der Waals surface area contributed by atoms with Gasteiger partial charge in [0.1, 0.15) is 18.1 Å². The number of rotatable bonds is 7. The number of nitrogens with two attached hydrogens (primary N) is 1. The van der Waals surface area contributed by atoms with Crippen LogP contribution in [-0.2, 0) is 4.74 Å². The molecule has 0 aliphatic heterocycles. The van der Waals surface area contributed by atoms with Gasteiger partial charge in [-0.3, -0.25) is 4.79 Å². The maximum Gasteiger partial charge on any atom is 0.271 e. The molecule has 0 aliphatic rings. The van der Waals surface area contributed by atoms with E-state index >= 15 is 0 Å². The first-order valence-corrected chi connectivity index (χ1v) is 7.13. The molecule has 0 unspecified atom stereocenters. The van der Waals surface area contributed by atoms with Crippen molar-refractivity contribution in [3.8, 4) is 17.0 Å². The van der Waals surface area contributed by atoms with Crippen LogP contribution in [-0.4, -0.2) is 41.1 Å². The van der Waals surface area contributed by atoms with E-state index < -0.39 is 5.91 Å². The summed E-state index contributed by atoms with van der Waals surface area (Å²) >= 11 is 3.38. The monoisotopic (exact) mass is 354 g/mol. The fourth-order valence-corrected chi connectivity index (χ4v) is 2.12. The number of halogens is 1. The van der Waals surface area contributed by atoms with Crippen molar-refractivity contribution in [2.75, 3.05) is 19.8 Å². The number of nitrogens with zero attached hydrogens (tertiary/aromatic N) is 2. The van der Waals surface area contributed by atoms with Crippen molar-refractivity contribution < 1.29 is 14.3 Å². The first kappa shape index (κ1) is 15.5. The van der Waals surface area contributed by atoms with Gasteiger partial charge in [-0.1, -0.05) is 15.9 Å². The maximum atomic E-state index is 11.4. The Hall–Kier alpha value is -1.93. The molecule has 1 amide bonds. The molecule has 112 valence electrons. The third-order valence-electron chi connectivity index (χ3n) is 2.67. The summed E-state index contributed by atoms with van der Waals surface area (Å²) in [7, 11) is 0. The van der Waals surface area contributed by atoms with E-state index in [1.807, 2.05) is 13.0 Å². The molecule has 1 heterocycles. The van der Waals surface area contributed by atoms with Gasteiger partial charge in [0.05, 0.1) is 6.61 Å². The predicted octanol–water partition coefficient (Wildman–Crippen LogP) is 1.75. The minimum Gasteiger partial charge on any atom is -0.490 e. The summed E-state index contributed by atoms with van der Waals surface area (Å²) in [4.78, 5) is 11.4. The van der Waals surface area contributed by atoms with Crippen molar-refractivity contribution in [1.82, 2.24) is 15.4 Å². The Kier molecular flexibility index (Phi) is 5.29. The number of hydrogen-bond donors (Lipinski definition) is 2. The van der Waals surface area contributed by atoms with Crippen LogP contribution in [0.1, 0.15) is 17.4 Å². The zero-order chi connectivity index (χ0) is 15.2. The highest BCUT2D eigenvalue weighted by molar-refractivity contribution is 9.10. The van der Waals surface area contributed by atoms with E-state index in [1.165, 1.54) is 0 Å². The van der Waals surface area contributed by atoms with E-state index in [0.717, 1.165) is 4.47 Å². The van der Waals surface area contributed by atoms with Gasteiger partial charge in [-0.25, -0.2) is 0 Å². The SMILES string of the molecule is CCOCCOc1ccc(Br)cc1-c1n[nH]nc1C(N)=O. The fourth-order valence-electron chi connectivity index (χ4n) is 1.76. The summed E-state index contributed by atoms with van der Waals surface area (Å²) in [5.41, 5.74) is 6.35. The number of aromatic amines is 1. The lowest BCUT2D eigenvalue weighted by molar-refractivity contribution is 0.0996. The molecule has 1 aromatic heterocycles. The first-order valence-electron chi connectivity index (χ1n) is 6.34. The van der Waals surface area contributed by atoms with Crippen molar-refractivity contribution in [2.24, 2.45) is 5.73 Å². The number of primary amides is 1. The van der Waals surface area contributed by atoms with Crippen molar-refractivity contribution in [3.05, 3.63) is 28.4 Å². The molecule has 21 heavy (non-hydrogen) atoms. The Morgan fingerprint density at radius 3 is 2.90 bits per heavy atom. The standard InChI is InChI=1S/C13H15BrN4O3/c1-2-20-5-6-21-10-4-3-8(14)7-9(10)11-12(13(15)19)17-18-16-11/h3-4,7H,2,5-6H2,1H3,(H2,15,19)(H,16,17,18). The lowest BCUT2D eigenvalue weighted by Crippen LogP contribution is -2.13. The van der Waals surface area contributed by atoms with Crippen LogP contribution in [0.2, 0.25) is 0 Å². The summed E-state index contributed by atoms with van der Waals surface area (Å²) in [6.45, 7) is 3.42. The lowest BCUT2D eigenvalue weighted by atomic mass is 10.1. The van der Waals surface area contributed by atoms with Crippen LogP contribution in [0, 0.1) is 0 Å². The number of ether oxygens (including phenoxy) is 2. The third kappa shape index (κ3) is 3.79. The van der Waals surface area contributed by atoms with Crippen molar-refractivity contribution >= 4 is 21.8 Å². The number of carbonyl (C=O) groups is 1. The van der Waals surface area contributed by atoms with Crippen LogP contribution in [0.4, 0.5) is 0 Å². The number of carbonyl (C=O) groups excluding carboxylic acids is 1. The second-order valence-corrected chi connectivity index (χ2v) is 4.99. The third-order valence-corrected chi connectivity index (χ3v) is 3.16. The lowest BCUT2D eigenvalue weighted by Gasteiger charge is -2.11. The predicted molar refractivity (Wildman–Crippen MR) is 80.0 cm³/mol. The van der Waals surface area contributed by atoms with E-state index in [9.17, 15) is 4.79 Å². The number of hydrogen-bond acceptors (Lipinski definition) is 5. The summed E-state index contributed by atoms with van der Waals surface area (Å²) in [5, 5.41) is 10.2. The summed E-state index contributed by atoms with van der Waals surface area (Å²) in [5.74, 6) is -0.0757. The van der Waals surface area contributed by atoms with Crippen LogP contribution >= 0.6 is 15.9 Å². The highest BCUT2D eigenvalue weighted by atomic mass is 79.9. The average Bonchev–Trinajstić information content (AvgIpc) is 2.94. The van der Waals surface area contributed by atoms with Crippen LogP contribution in [0.3, 0.4) is 0 Å². The van der Waals surface area contributed by atoms with Gasteiger partial charge >= 0.3 is 0 Å². The Bertz CT molecular complexity index is 630. The molecule has 0 bridgehead atoms. The molecule has 0 aliphatic carbocycles. The van der Waals surface area contributed by atoms with Gasteiger partial charge in [-0.05, 0) is 25.1 Å². The normalized spacial score (nSPS) is 10.6. The summed E-state index contributed by atoms with van der Waals surface area (Å²) < 4.78 is 11.7. The van der Waals surface area contributed by atoms with Gasteiger partial charge in [0.2, 0.25) is 0 Å². The number of benzene rings is 1. The van der Waals surface area contributed by atoms with E-state index in [0.29, 0.717) is 36.8 Å². The maximum absolute atomic E-state index is 11.4. The van der Waals surface area contributed by atoms with Gasteiger partial charge in [-0.2, -0.15) is 15.4 Å². The molecule has 0 saturated heterocycles. The van der Waals surface area contributed by atoms with Crippen molar-refractivity contribution in [3.63, 3.8) is 0 Å². The molecule has 8 heteroatoms.